The largest absolute Gasteiger partial charge is 0.489 e. The first-order valence-corrected chi connectivity index (χ1v) is 9.49. The molecule has 0 atom stereocenters. The third-order valence-corrected chi connectivity index (χ3v) is 5.01. The Labute approximate surface area is 166 Å². The zero-order valence-electron chi connectivity index (χ0n) is 15.4. The molecule has 0 aromatic heterocycles. The molecular formula is C21H19NO5S. The van der Waals surface area contributed by atoms with Crippen LogP contribution >= 0.6 is 11.8 Å². The van der Waals surface area contributed by atoms with Crippen molar-refractivity contribution in [3.63, 3.8) is 0 Å². The molecule has 3 rings (SSSR count). The Balaban J connectivity index is 1.63. The highest BCUT2D eigenvalue weighted by molar-refractivity contribution is 8.18. The molecular weight excluding hydrogens is 378 g/mol. The number of carbonyl (C=O) groups is 3. The lowest BCUT2D eigenvalue weighted by atomic mass is 10.1. The number of nitrogens with zero attached hydrogens (tertiary/aromatic N) is 1. The highest BCUT2D eigenvalue weighted by Gasteiger charge is 2.36. The van der Waals surface area contributed by atoms with Gasteiger partial charge in [-0.1, -0.05) is 24.3 Å². The number of amides is 2. The molecule has 7 heteroatoms. The van der Waals surface area contributed by atoms with Gasteiger partial charge in [-0.15, -0.1) is 0 Å². The van der Waals surface area contributed by atoms with Gasteiger partial charge in [0.15, 0.2) is 0 Å². The van der Waals surface area contributed by atoms with E-state index in [1.54, 1.807) is 44.2 Å². The summed E-state index contributed by atoms with van der Waals surface area (Å²) >= 11 is 0.945. The summed E-state index contributed by atoms with van der Waals surface area (Å²) in [5, 5.41) is 8.65. The number of ether oxygens (including phenoxy) is 1. The number of benzene rings is 2. The predicted octanol–water partition coefficient (Wildman–Crippen LogP) is 4.41. The van der Waals surface area contributed by atoms with Gasteiger partial charge in [-0.05, 0) is 67.1 Å². The lowest BCUT2D eigenvalue weighted by Gasteiger charge is -2.16. The first kappa shape index (κ1) is 19.7. The summed E-state index contributed by atoms with van der Waals surface area (Å²) in [5.41, 5.74) is 1.89. The standard InChI is InChI=1S/C21H19NO5S/c1-13(2)22-19(23)18(28-21(22)26)11-14-5-9-17(10-6-14)27-12-15-3-7-16(8-4-15)20(24)25/h3-11,13H,12H2,1-2H3,(H,24,25)/b18-11+. The average molecular weight is 397 g/mol. The fourth-order valence-electron chi connectivity index (χ4n) is 2.65. The number of carbonyl (C=O) groups excluding carboxylic acids is 2. The van der Waals surface area contributed by atoms with Crippen LogP contribution in [0.4, 0.5) is 4.79 Å². The number of carboxylic acid groups (broad SMARTS) is 1. The van der Waals surface area contributed by atoms with Gasteiger partial charge < -0.3 is 9.84 Å². The molecule has 1 aliphatic heterocycles. The number of thioether (sulfide) groups is 1. The van der Waals surface area contributed by atoms with Crippen molar-refractivity contribution in [3.05, 3.63) is 70.1 Å². The van der Waals surface area contributed by atoms with Gasteiger partial charge in [-0.25, -0.2) is 4.79 Å². The van der Waals surface area contributed by atoms with Crippen molar-refractivity contribution >= 4 is 35.0 Å². The minimum Gasteiger partial charge on any atom is -0.489 e. The molecule has 0 aliphatic carbocycles. The molecule has 0 spiro atoms. The molecule has 0 unspecified atom stereocenters. The monoisotopic (exact) mass is 397 g/mol. The first-order chi connectivity index (χ1) is 13.3. The fourth-order valence-corrected chi connectivity index (χ4v) is 3.61. The van der Waals surface area contributed by atoms with E-state index in [9.17, 15) is 14.4 Å². The van der Waals surface area contributed by atoms with Gasteiger partial charge in [-0.2, -0.15) is 0 Å². The molecule has 1 heterocycles. The summed E-state index contributed by atoms with van der Waals surface area (Å²) in [5.74, 6) is -0.584. The van der Waals surface area contributed by atoms with Crippen LogP contribution in [0.5, 0.6) is 5.75 Å². The van der Waals surface area contributed by atoms with Gasteiger partial charge in [0, 0.05) is 6.04 Å². The summed E-state index contributed by atoms with van der Waals surface area (Å²) in [4.78, 5) is 36.8. The van der Waals surface area contributed by atoms with Crippen LogP contribution in [0.2, 0.25) is 0 Å². The van der Waals surface area contributed by atoms with Crippen LogP contribution in [0.3, 0.4) is 0 Å². The third-order valence-electron chi connectivity index (χ3n) is 4.12. The Hall–Kier alpha value is -3.06. The molecule has 2 aromatic carbocycles. The molecule has 1 N–H and O–H groups in total. The smallest absolute Gasteiger partial charge is 0.335 e. The second kappa shape index (κ2) is 8.31. The van der Waals surface area contributed by atoms with E-state index in [0.29, 0.717) is 17.3 Å². The maximum Gasteiger partial charge on any atom is 0.335 e. The summed E-state index contributed by atoms with van der Waals surface area (Å²) < 4.78 is 5.70. The molecule has 28 heavy (non-hydrogen) atoms. The van der Waals surface area contributed by atoms with Crippen molar-refractivity contribution in [2.75, 3.05) is 0 Å². The van der Waals surface area contributed by atoms with Gasteiger partial charge in [0.05, 0.1) is 10.5 Å². The van der Waals surface area contributed by atoms with Crippen LogP contribution in [-0.2, 0) is 11.4 Å². The zero-order valence-corrected chi connectivity index (χ0v) is 16.2. The van der Waals surface area contributed by atoms with E-state index in [1.165, 1.54) is 17.0 Å². The minimum atomic E-state index is -0.964. The summed E-state index contributed by atoms with van der Waals surface area (Å²) in [6.45, 7) is 3.92. The Bertz CT molecular complexity index is 932. The molecule has 1 aliphatic rings. The third kappa shape index (κ3) is 4.43. The molecule has 2 aromatic rings. The van der Waals surface area contributed by atoms with E-state index in [2.05, 4.69) is 0 Å². The maximum absolute atomic E-state index is 12.3. The molecule has 1 fully saturated rings. The second-order valence-electron chi connectivity index (χ2n) is 6.51. The normalized spacial score (nSPS) is 15.5. The topological polar surface area (TPSA) is 83.9 Å². The Morgan fingerprint density at radius 2 is 1.75 bits per heavy atom. The van der Waals surface area contributed by atoms with Crippen molar-refractivity contribution < 1.29 is 24.2 Å². The van der Waals surface area contributed by atoms with Gasteiger partial charge in [0.2, 0.25) is 0 Å². The summed E-state index contributed by atoms with van der Waals surface area (Å²) in [6, 6.07) is 13.5. The first-order valence-electron chi connectivity index (χ1n) is 8.67. The minimum absolute atomic E-state index is 0.168. The van der Waals surface area contributed by atoms with Gasteiger partial charge in [0.1, 0.15) is 12.4 Å². The zero-order chi connectivity index (χ0) is 20.3. The van der Waals surface area contributed by atoms with Gasteiger partial charge in [0.25, 0.3) is 11.1 Å². The van der Waals surface area contributed by atoms with Crippen LogP contribution in [0, 0.1) is 0 Å². The van der Waals surface area contributed by atoms with E-state index in [0.717, 1.165) is 22.9 Å². The van der Waals surface area contributed by atoms with Crippen LogP contribution in [0.1, 0.15) is 35.3 Å². The van der Waals surface area contributed by atoms with Crippen LogP contribution in [0.15, 0.2) is 53.4 Å². The maximum atomic E-state index is 12.3. The lowest BCUT2D eigenvalue weighted by molar-refractivity contribution is -0.123. The number of rotatable bonds is 6. The van der Waals surface area contributed by atoms with E-state index < -0.39 is 5.97 Å². The molecule has 0 bridgehead atoms. The van der Waals surface area contributed by atoms with Crippen molar-refractivity contribution in [1.82, 2.24) is 4.90 Å². The average Bonchev–Trinajstić information content (AvgIpc) is 2.94. The molecule has 2 amide bonds. The van der Waals surface area contributed by atoms with Crippen molar-refractivity contribution in [2.24, 2.45) is 0 Å². The van der Waals surface area contributed by atoms with Crippen molar-refractivity contribution in [3.8, 4) is 5.75 Å². The molecule has 0 saturated carbocycles. The van der Waals surface area contributed by atoms with Crippen molar-refractivity contribution in [1.29, 1.82) is 0 Å². The Morgan fingerprint density at radius 1 is 1.11 bits per heavy atom. The lowest BCUT2D eigenvalue weighted by Crippen LogP contribution is -2.34. The Morgan fingerprint density at radius 3 is 2.29 bits per heavy atom. The molecule has 0 radical (unpaired) electrons. The predicted molar refractivity (Wildman–Crippen MR) is 107 cm³/mol. The van der Waals surface area contributed by atoms with Gasteiger partial charge >= 0.3 is 5.97 Å². The van der Waals surface area contributed by atoms with Gasteiger partial charge in [-0.3, -0.25) is 14.5 Å². The number of hydrogen-bond donors (Lipinski definition) is 1. The van der Waals surface area contributed by atoms with E-state index in [-0.39, 0.29) is 22.8 Å². The SMILES string of the molecule is CC(C)N1C(=O)S/C(=C/c2ccc(OCc3ccc(C(=O)O)cc3)cc2)C1=O. The fraction of sp³-hybridized carbons (Fsp3) is 0.190. The van der Waals surface area contributed by atoms with Crippen molar-refractivity contribution in [2.45, 2.75) is 26.5 Å². The number of hydrogen-bond acceptors (Lipinski definition) is 5. The van der Waals surface area contributed by atoms with E-state index in [1.807, 2.05) is 12.1 Å². The van der Waals surface area contributed by atoms with Crippen LogP contribution in [0.25, 0.3) is 6.08 Å². The number of imide groups is 1. The highest BCUT2D eigenvalue weighted by Crippen LogP contribution is 2.33. The number of aromatic carboxylic acids is 1. The van der Waals surface area contributed by atoms with E-state index >= 15 is 0 Å². The second-order valence-corrected chi connectivity index (χ2v) is 7.50. The molecule has 144 valence electrons. The summed E-state index contributed by atoms with van der Waals surface area (Å²) in [7, 11) is 0. The van der Waals surface area contributed by atoms with Crippen LogP contribution < -0.4 is 4.74 Å². The number of carboxylic acids is 1. The molecule has 6 nitrogen and oxygen atoms in total. The summed E-state index contributed by atoms with van der Waals surface area (Å²) in [6.07, 6.45) is 1.70. The molecule has 1 saturated heterocycles. The van der Waals surface area contributed by atoms with Crippen LogP contribution in [-0.4, -0.2) is 33.2 Å². The highest BCUT2D eigenvalue weighted by atomic mass is 32.2. The van der Waals surface area contributed by atoms with E-state index in [4.69, 9.17) is 9.84 Å². The quantitative estimate of drug-likeness (QED) is 0.727. The Kier molecular flexibility index (Phi) is 5.84.